The highest BCUT2D eigenvalue weighted by atomic mass is 35.5. The minimum Gasteiger partial charge on any atom is -0.356 e. The largest absolute Gasteiger partial charge is 0.356 e. The summed E-state index contributed by atoms with van der Waals surface area (Å²) in [5, 5.41) is 2.46. The maximum atomic E-state index is 10.7. The van der Waals surface area contributed by atoms with E-state index in [0.29, 0.717) is 6.61 Å². The van der Waals surface area contributed by atoms with Crippen molar-refractivity contribution in [2.24, 2.45) is 0 Å². The lowest BCUT2D eigenvalue weighted by Gasteiger charge is -2.27. The van der Waals surface area contributed by atoms with Crippen molar-refractivity contribution >= 4 is 40.7 Å². The molecule has 1 unspecified atom stereocenters. The van der Waals surface area contributed by atoms with E-state index in [1.165, 1.54) is 6.92 Å². The van der Waals surface area contributed by atoms with Gasteiger partial charge in [-0.05, 0) is 6.92 Å². The molecule has 0 aromatic heterocycles. The van der Waals surface area contributed by atoms with Crippen LogP contribution in [0.3, 0.4) is 0 Å². The molecule has 0 saturated heterocycles. The minimum atomic E-state index is -1.30. The number of nitrogens with one attached hydrogen (secondary N) is 1. The summed E-state index contributed by atoms with van der Waals surface area (Å²) in [7, 11) is 0. The number of hydrogen-bond acceptors (Lipinski definition) is 2. The van der Waals surface area contributed by atoms with Crippen molar-refractivity contribution in [3.05, 3.63) is 0 Å². The van der Waals surface area contributed by atoms with Gasteiger partial charge in [0.05, 0.1) is 5.88 Å². The monoisotopic (exact) mass is 247 g/mol. The van der Waals surface area contributed by atoms with Gasteiger partial charge in [0.15, 0.2) is 10.6 Å². The smallest absolute Gasteiger partial charge is 0.218 e. The van der Waals surface area contributed by atoms with Crippen molar-refractivity contribution in [3.8, 4) is 0 Å². The fraction of sp³-hybridized carbons (Fsp3) is 0.857. The van der Waals surface area contributed by atoms with Gasteiger partial charge in [0.2, 0.25) is 5.91 Å². The number of halogens is 3. The Morgan fingerprint density at radius 1 is 1.62 bits per heavy atom. The molecule has 0 aliphatic carbocycles. The number of carbonyl (C=O) groups excluding carboxylic acids is 1. The summed E-state index contributed by atoms with van der Waals surface area (Å²) >= 11 is 17.1. The van der Waals surface area contributed by atoms with Gasteiger partial charge in [0.1, 0.15) is 0 Å². The van der Waals surface area contributed by atoms with Gasteiger partial charge in [-0.1, -0.05) is 23.2 Å². The molecule has 0 aliphatic rings. The van der Waals surface area contributed by atoms with Gasteiger partial charge >= 0.3 is 0 Å². The number of alkyl halides is 3. The zero-order valence-corrected chi connectivity index (χ0v) is 9.71. The zero-order chi connectivity index (χ0) is 10.5. The second kappa shape index (κ2) is 5.91. The second-order valence-electron chi connectivity index (χ2n) is 2.43. The Morgan fingerprint density at radius 2 is 2.15 bits per heavy atom. The van der Waals surface area contributed by atoms with Gasteiger partial charge in [-0.25, -0.2) is 0 Å². The fourth-order valence-electron chi connectivity index (χ4n) is 0.691. The van der Waals surface area contributed by atoms with E-state index in [0.717, 1.165) is 0 Å². The molecule has 0 spiro atoms. The van der Waals surface area contributed by atoms with Crippen LogP contribution < -0.4 is 5.32 Å². The van der Waals surface area contributed by atoms with E-state index >= 15 is 0 Å². The third-order valence-electron chi connectivity index (χ3n) is 1.23. The molecule has 0 saturated carbocycles. The van der Waals surface area contributed by atoms with Crippen molar-refractivity contribution in [1.29, 1.82) is 0 Å². The Labute approximate surface area is 92.7 Å². The quantitative estimate of drug-likeness (QED) is 0.596. The molecule has 78 valence electrons. The minimum absolute atomic E-state index is 0.0267. The van der Waals surface area contributed by atoms with Gasteiger partial charge in [0.25, 0.3) is 0 Å². The molecule has 6 heteroatoms. The molecule has 0 heterocycles. The molecule has 0 aromatic carbocycles. The summed E-state index contributed by atoms with van der Waals surface area (Å²) in [5.74, 6) is -0.296. The highest BCUT2D eigenvalue weighted by Gasteiger charge is 2.35. The molecule has 1 N–H and O–H groups in total. The van der Waals surface area contributed by atoms with Crippen LogP contribution in [0.5, 0.6) is 0 Å². The number of hydrogen-bond donors (Lipinski definition) is 1. The highest BCUT2D eigenvalue weighted by molar-refractivity contribution is 6.52. The first-order valence-corrected chi connectivity index (χ1v) is 5.05. The molecule has 0 radical (unpaired) electrons. The van der Waals surface area contributed by atoms with E-state index in [1.807, 2.05) is 0 Å². The Kier molecular flexibility index (Phi) is 6.05. The number of carbonyl (C=O) groups is 1. The predicted octanol–water partition coefficient (Wildman–Crippen LogP) is 1.90. The molecule has 13 heavy (non-hydrogen) atoms. The Bertz CT molecular complexity index is 175. The van der Waals surface area contributed by atoms with Crippen LogP contribution in [0.25, 0.3) is 0 Å². The average Bonchev–Trinajstić information content (AvgIpc) is 2.03. The Morgan fingerprint density at radius 3 is 2.46 bits per heavy atom. The lowest BCUT2D eigenvalue weighted by atomic mass is 10.4. The van der Waals surface area contributed by atoms with Crippen molar-refractivity contribution < 1.29 is 9.53 Å². The van der Waals surface area contributed by atoms with E-state index < -0.39 is 10.6 Å². The molecule has 1 amide bonds. The highest BCUT2D eigenvalue weighted by Crippen LogP contribution is 2.27. The topological polar surface area (TPSA) is 38.3 Å². The van der Waals surface area contributed by atoms with Crippen LogP contribution in [0.1, 0.15) is 13.8 Å². The van der Waals surface area contributed by atoms with E-state index in [1.54, 1.807) is 6.92 Å². The molecule has 0 rings (SSSR count). The van der Waals surface area contributed by atoms with Crippen molar-refractivity contribution in [2.45, 2.75) is 24.4 Å². The van der Waals surface area contributed by atoms with E-state index in [9.17, 15) is 4.79 Å². The van der Waals surface area contributed by atoms with Crippen molar-refractivity contribution in [2.75, 3.05) is 12.5 Å². The van der Waals surface area contributed by atoms with Gasteiger partial charge < -0.3 is 10.1 Å². The SMILES string of the molecule is CCOC(NC(C)=O)C(Cl)(Cl)CCl. The first-order chi connectivity index (χ1) is 5.94. The van der Waals surface area contributed by atoms with Crippen LogP contribution in [0, 0.1) is 0 Å². The molecule has 0 bridgehead atoms. The van der Waals surface area contributed by atoms with Gasteiger partial charge in [-0.2, -0.15) is 0 Å². The Hall–Kier alpha value is 0.300. The third kappa shape index (κ3) is 4.91. The van der Waals surface area contributed by atoms with Crippen molar-refractivity contribution in [3.63, 3.8) is 0 Å². The summed E-state index contributed by atoms with van der Waals surface area (Å²) < 4.78 is 3.83. The summed E-state index contributed by atoms with van der Waals surface area (Å²) in [6.45, 7) is 3.51. The summed E-state index contributed by atoms with van der Waals surface area (Å²) in [4.78, 5) is 10.7. The van der Waals surface area contributed by atoms with Gasteiger partial charge in [-0.15, -0.1) is 11.6 Å². The first kappa shape index (κ1) is 13.3. The first-order valence-electron chi connectivity index (χ1n) is 3.76. The number of amides is 1. The molecular weight excluding hydrogens is 236 g/mol. The molecule has 0 fully saturated rings. The third-order valence-corrected chi connectivity index (χ3v) is 2.59. The summed E-state index contributed by atoms with van der Waals surface area (Å²) in [6, 6.07) is 0. The standard InChI is InChI=1S/C7H12Cl3NO2/c1-3-13-6(11-5(2)12)7(9,10)4-8/h6H,3-4H2,1-2H3,(H,11,12). The lowest BCUT2D eigenvalue weighted by Crippen LogP contribution is -2.48. The predicted molar refractivity (Wildman–Crippen MR) is 54.4 cm³/mol. The molecule has 1 atom stereocenters. The Balaban J connectivity index is 4.30. The van der Waals surface area contributed by atoms with Gasteiger partial charge in [0, 0.05) is 13.5 Å². The molecule has 0 aliphatic heterocycles. The molecule has 0 aromatic rings. The van der Waals surface area contributed by atoms with Gasteiger partial charge in [-0.3, -0.25) is 4.79 Å². The van der Waals surface area contributed by atoms with Crippen LogP contribution >= 0.6 is 34.8 Å². The van der Waals surface area contributed by atoms with Crippen LogP contribution in [-0.4, -0.2) is 29.0 Å². The molecule has 3 nitrogen and oxygen atoms in total. The van der Waals surface area contributed by atoms with Crippen molar-refractivity contribution in [1.82, 2.24) is 5.32 Å². The molecular formula is C7H12Cl3NO2. The number of rotatable bonds is 5. The maximum absolute atomic E-state index is 10.7. The summed E-state index contributed by atoms with van der Waals surface area (Å²) in [5.41, 5.74) is 0. The second-order valence-corrected chi connectivity index (χ2v) is 4.24. The van der Waals surface area contributed by atoms with Crippen LogP contribution in [0.4, 0.5) is 0 Å². The lowest BCUT2D eigenvalue weighted by molar-refractivity contribution is -0.123. The zero-order valence-electron chi connectivity index (χ0n) is 7.44. The van der Waals surface area contributed by atoms with E-state index in [4.69, 9.17) is 39.5 Å². The van der Waals surface area contributed by atoms with Crippen LogP contribution in [0.2, 0.25) is 0 Å². The van der Waals surface area contributed by atoms with Crippen LogP contribution in [-0.2, 0) is 9.53 Å². The summed E-state index contributed by atoms with van der Waals surface area (Å²) in [6.07, 6.45) is -0.782. The normalized spacial score (nSPS) is 13.9. The average molecular weight is 249 g/mol. The van der Waals surface area contributed by atoms with E-state index in [-0.39, 0.29) is 11.8 Å². The maximum Gasteiger partial charge on any atom is 0.218 e. The fourth-order valence-corrected chi connectivity index (χ4v) is 1.07. The number of ether oxygens (including phenoxy) is 1. The van der Waals surface area contributed by atoms with E-state index in [2.05, 4.69) is 5.32 Å². The van der Waals surface area contributed by atoms with Crippen LogP contribution in [0.15, 0.2) is 0 Å².